The summed E-state index contributed by atoms with van der Waals surface area (Å²) in [4.78, 5) is 28.4. The largest absolute Gasteiger partial charge is 0.383 e. The van der Waals surface area contributed by atoms with Gasteiger partial charge in [-0.15, -0.1) is 0 Å². The van der Waals surface area contributed by atoms with Crippen molar-refractivity contribution in [2.24, 2.45) is 0 Å². The number of nitrogens with one attached hydrogen (secondary N) is 1. The fourth-order valence-corrected chi connectivity index (χ4v) is 3.29. The minimum Gasteiger partial charge on any atom is -0.383 e. The van der Waals surface area contributed by atoms with Gasteiger partial charge in [0, 0.05) is 37.9 Å². The van der Waals surface area contributed by atoms with Gasteiger partial charge in [-0.2, -0.15) is 5.10 Å². The molecule has 0 saturated carbocycles. The summed E-state index contributed by atoms with van der Waals surface area (Å²) < 4.78 is 10.7. The Morgan fingerprint density at radius 2 is 2.20 bits per heavy atom. The van der Waals surface area contributed by atoms with Gasteiger partial charge in [-0.1, -0.05) is 20.8 Å². The summed E-state index contributed by atoms with van der Waals surface area (Å²) in [7, 11) is 1.61. The first-order valence-corrected chi connectivity index (χ1v) is 8.56. The average Bonchev–Trinajstić information content (AvgIpc) is 3.20. The second-order valence-electron chi connectivity index (χ2n) is 7.62. The number of methoxy groups -OCH3 is 1. The molecule has 1 N–H and O–H groups in total. The fraction of sp³-hybridized carbons (Fsp3) is 0.706. The maximum atomic E-state index is 12.8. The average molecular weight is 350 g/mol. The van der Waals surface area contributed by atoms with Crippen LogP contribution < -0.4 is 0 Å². The molecule has 0 radical (unpaired) electrons. The van der Waals surface area contributed by atoms with Crippen LogP contribution in [-0.2, 0) is 19.7 Å². The van der Waals surface area contributed by atoms with Gasteiger partial charge < -0.3 is 19.3 Å². The molecule has 2 aliphatic rings. The van der Waals surface area contributed by atoms with Crippen molar-refractivity contribution in [2.45, 2.75) is 38.3 Å². The Morgan fingerprint density at radius 3 is 2.84 bits per heavy atom. The van der Waals surface area contributed by atoms with Crippen LogP contribution in [0.15, 0.2) is 6.07 Å². The van der Waals surface area contributed by atoms with Crippen LogP contribution in [0, 0.1) is 0 Å². The first-order valence-electron chi connectivity index (χ1n) is 8.56. The van der Waals surface area contributed by atoms with Gasteiger partial charge in [-0.05, 0) is 6.07 Å². The number of carbonyl (C=O) groups excluding carboxylic acids is 2. The quantitative estimate of drug-likeness (QED) is 0.850. The molecule has 138 valence electrons. The Bertz CT molecular complexity index is 651. The van der Waals surface area contributed by atoms with Gasteiger partial charge in [0.1, 0.15) is 12.3 Å². The molecule has 1 aromatic heterocycles. The summed E-state index contributed by atoms with van der Waals surface area (Å²) in [5.41, 5.74) is 1.22. The molecule has 8 nitrogen and oxygen atoms in total. The number of rotatable bonds is 4. The molecule has 2 amide bonds. The van der Waals surface area contributed by atoms with Gasteiger partial charge >= 0.3 is 0 Å². The number of ether oxygens (including phenoxy) is 2. The second-order valence-corrected chi connectivity index (χ2v) is 7.62. The summed E-state index contributed by atoms with van der Waals surface area (Å²) in [5, 5.41) is 7.12. The molecule has 2 atom stereocenters. The van der Waals surface area contributed by atoms with Crippen molar-refractivity contribution >= 4 is 11.8 Å². The van der Waals surface area contributed by atoms with Gasteiger partial charge in [0.15, 0.2) is 0 Å². The Kier molecular flexibility index (Phi) is 4.83. The van der Waals surface area contributed by atoms with Crippen LogP contribution in [0.5, 0.6) is 0 Å². The molecular weight excluding hydrogens is 324 g/mol. The lowest BCUT2D eigenvalue weighted by molar-refractivity contribution is -0.153. The van der Waals surface area contributed by atoms with Crippen LogP contribution in [0.1, 0.15) is 37.0 Å². The Hall–Kier alpha value is -1.93. The number of aromatic amines is 1. The van der Waals surface area contributed by atoms with E-state index in [9.17, 15) is 9.59 Å². The van der Waals surface area contributed by atoms with Gasteiger partial charge in [-0.25, -0.2) is 0 Å². The molecule has 2 saturated heterocycles. The lowest BCUT2D eigenvalue weighted by Gasteiger charge is -2.36. The molecule has 2 aliphatic heterocycles. The number of nitrogens with zero attached hydrogens (tertiary/aromatic N) is 3. The molecular formula is C17H26N4O4. The van der Waals surface area contributed by atoms with Crippen molar-refractivity contribution in [1.29, 1.82) is 0 Å². The van der Waals surface area contributed by atoms with E-state index in [0.717, 1.165) is 5.69 Å². The van der Waals surface area contributed by atoms with Gasteiger partial charge in [0.2, 0.25) is 5.91 Å². The summed E-state index contributed by atoms with van der Waals surface area (Å²) in [6.45, 7) is 8.15. The van der Waals surface area contributed by atoms with E-state index in [2.05, 4.69) is 31.0 Å². The third-order valence-corrected chi connectivity index (χ3v) is 4.81. The van der Waals surface area contributed by atoms with E-state index >= 15 is 0 Å². The molecule has 1 aromatic rings. The van der Waals surface area contributed by atoms with E-state index in [4.69, 9.17) is 9.47 Å². The molecule has 0 aromatic carbocycles. The third-order valence-electron chi connectivity index (χ3n) is 4.81. The Labute approximate surface area is 147 Å². The number of morpholine rings is 1. The highest BCUT2D eigenvalue weighted by molar-refractivity contribution is 5.93. The van der Waals surface area contributed by atoms with Crippen LogP contribution >= 0.6 is 0 Å². The molecule has 0 aliphatic carbocycles. The molecule has 8 heteroatoms. The zero-order chi connectivity index (χ0) is 18.2. The molecule has 0 unspecified atom stereocenters. The van der Waals surface area contributed by atoms with Crippen molar-refractivity contribution in [1.82, 2.24) is 20.0 Å². The van der Waals surface area contributed by atoms with Gasteiger partial charge in [0.25, 0.3) is 5.91 Å². The zero-order valence-corrected chi connectivity index (χ0v) is 15.2. The van der Waals surface area contributed by atoms with Crippen molar-refractivity contribution in [3.05, 3.63) is 17.5 Å². The van der Waals surface area contributed by atoms with Crippen LogP contribution in [0.2, 0.25) is 0 Å². The number of amides is 2. The molecule has 25 heavy (non-hydrogen) atoms. The first-order chi connectivity index (χ1) is 11.8. The summed E-state index contributed by atoms with van der Waals surface area (Å²) >= 11 is 0. The Morgan fingerprint density at radius 1 is 1.44 bits per heavy atom. The second kappa shape index (κ2) is 6.76. The van der Waals surface area contributed by atoms with Crippen molar-refractivity contribution in [3.8, 4) is 0 Å². The van der Waals surface area contributed by atoms with Crippen molar-refractivity contribution < 1.29 is 19.1 Å². The molecule has 2 fully saturated rings. The van der Waals surface area contributed by atoms with E-state index in [1.165, 1.54) is 0 Å². The number of likely N-dealkylation sites (tertiary alicyclic amines) is 1. The number of carbonyl (C=O) groups is 2. The first kappa shape index (κ1) is 17.9. The van der Waals surface area contributed by atoms with Crippen LogP contribution in [0.3, 0.4) is 0 Å². The van der Waals surface area contributed by atoms with E-state index in [0.29, 0.717) is 31.9 Å². The van der Waals surface area contributed by atoms with Gasteiger partial charge in [-0.3, -0.25) is 14.7 Å². The van der Waals surface area contributed by atoms with Crippen LogP contribution in [0.25, 0.3) is 0 Å². The highest BCUT2D eigenvalue weighted by atomic mass is 16.5. The zero-order valence-electron chi connectivity index (χ0n) is 15.2. The van der Waals surface area contributed by atoms with Crippen molar-refractivity contribution in [3.63, 3.8) is 0 Å². The number of hydrogen-bond acceptors (Lipinski definition) is 5. The lowest BCUT2D eigenvalue weighted by Crippen LogP contribution is -2.54. The molecule has 0 spiro atoms. The van der Waals surface area contributed by atoms with E-state index < -0.39 is 0 Å². The van der Waals surface area contributed by atoms with E-state index in [1.807, 2.05) is 0 Å². The lowest BCUT2D eigenvalue weighted by atomic mass is 9.92. The normalized spacial score (nSPS) is 23.9. The topological polar surface area (TPSA) is 87.8 Å². The minimum absolute atomic E-state index is 0.0533. The minimum atomic E-state index is -0.153. The van der Waals surface area contributed by atoms with E-state index in [-0.39, 0.29) is 36.0 Å². The monoisotopic (exact) mass is 350 g/mol. The number of aromatic nitrogens is 2. The molecule has 3 heterocycles. The molecule has 3 rings (SSSR count). The standard InChI is InChI=1S/C17H26N4O4/c1-17(2,3)14-7-11(18-19-14)16(23)20-8-12-13(9-20)25-10-15(22)21(12)5-6-24-4/h7,12-13H,5-6,8-10H2,1-4H3,(H,18,19)/t12-,13-/m0/s1. The number of fused-ring (bicyclic) bond motifs is 1. The number of H-pyrrole nitrogens is 1. The summed E-state index contributed by atoms with van der Waals surface area (Å²) in [6, 6.07) is 1.68. The van der Waals surface area contributed by atoms with Crippen LogP contribution in [0.4, 0.5) is 0 Å². The SMILES string of the molecule is COCCN1C(=O)CO[C@H]2CN(C(=O)c3cc(C(C)(C)C)[nH]n3)C[C@@H]21. The maximum absolute atomic E-state index is 12.8. The predicted molar refractivity (Wildman–Crippen MR) is 90.3 cm³/mol. The summed E-state index contributed by atoms with van der Waals surface area (Å²) in [5.74, 6) is -0.189. The summed E-state index contributed by atoms with van der Waals surface area (Å²) in [6.07, 6.45) is -0.153. The maximum Gasteiger partial charge on any atom is 0.274 e. The Balaban J connectivity index is 1.71. The van der Waals surface area contributed by atoms with E-state index in [1.54, 1.807) is 23.0 Å². The predicted octanol–water partition coefficient (Wildman–Crippen LogP) is 0.405. The smallest absolute Gasteiger partial charge is 0.274 e. The fourth-order valence-electron chi connectivity index (χ4n) is 3.29. The third kappa shape index (κ3) is 3.55. The number of hydrogen-bond donors (Lipinski definition) is 1. The molecule has 0 bridgehead atoms. The highest BCUT2D eigenvalue weighted by Crippen LogP contribution is 2.26. The van der Waals surface area contributed by atoms with Crippen molar-refractivity contribution in [2.75, 3.05) is 40.0 Å². The van der Waals surface area contributed by atoms with Gasteiger partial charge in [0.05, 0.1) is 18.8 Å². The van der Waals surface area contributed by atoms with Crippen LogP contribution in [-0.4, -0.2) is 83.9 Å². The highest BCUT2D eigenvalue weighted by Gasteiger charge is 2.44.